The molecule has 0 saturated heterocycles. The quantitative estimate of drug-likeness (QED) is 0.0202. The Morgan fingerprint density at radius 2 is 0.673 bits per heavy atom. The molecule has 0 aliphatic heterocycles. The van der Waals surface area contributed by atoms with Gasteiger partial charge in [0.25, 0.3) is 0 Å². The molecule has 0 saturated carbocycles. The van der Waals surface area contributed by atoms with Crippen molar-refractivity contribution in [3.05, 3.63) is 36.5 Å². The maximum absolute atomic E-state index is 12.7. The smallest absolute Gasteiger partial charge is 0.306 e. The van der Waals surface area contributed by atoms with Crippen LogP contribution in [0.4, 0.5) is 0 Å². The molecule has 1 unspecified atom stereocenters. The molecule has 0 aliphatic carbocycles. The molecule has 1 atom stereocenters. The fourth-order valence-electron chi connectivity index (χ4n) is 6.53. The normalized spacial score (nSPS) is 12.3. The van der Waals surface area contributed by atoms with Crippen LogP contribution < -0.4 is 0 Å². The summed E-state index contributed by atoms with van der Waals surface area (Å²) in [5, 5.41) is 0. The number of ether oxygens (including phenoxy) is 3. The molecule has 0 radical (unpaired) electrons. The first kappa shape index (κ1) is 52.6. The van der Waals surface area contributed by atoms with Crippen LogP contribution in [0.2, 0.25) is 0 Å². The molecule has 0 aromatic rings. The van der Waals surface area contributed by atoms with Gasteiger partial charge in [-0.15, -0.1) is 0 Å². The van der Waals surface area contributed by atoms with E-state index in [1.54, 1.807) is 0 Å². The Kier molecular flexibility index (Phi) is 42.4. The highest BCUT2D eigenvalue weighted by molar-refractivity contribution is 5.71. The number of allylic oxidation sites excluding steroid dienone is 6. The van der Waals surface area contributed by atoms with Gasteiger partial charge in [-0.2, -0.15) is 0 Å². The highest BCUT2D eigenvalue weighted by atomic mass is 16.6. The third-order valence-electron chi connectivity index (χ3n) is 10.1. The van der Waals surface area contributed by atoms with Gasteiger partial charge in [-0.1, -0.05) is 192 Å². The van der Waals surface area contributed by atoms with Gasteiger partial charge in [-0.3, -0.25) is 14.4 Å². The van der Waals surface area contributed by atoms with Crippen LogP contribution in [0.15, 0.2) is 36.5 Å². The lowest BCUT2D eigenvalue weighted by atomic mass is 10.1. The largest absolute Gasteiger partial charge is 0.462 e. The van der Waals surface area contributed by atoms with E-state index in [4.69, 9.17) is 14.2 Å². The Morgan fingerprint density at radius 1 is 0.364 bits per heavy atom. The molecule has 0 N–H and O–H groups in total. The molecular formula is C49H88O6. The van der Waals surface area contributed by atoms with Gasteiger partial charge < -0.3 is 14.2 Å². The fraction of sp³-hybridized carbons (Fsp3) is 0.816. The molecule has 6 nitrogen and oxygen atoms in total. The summed E-state index contributed by atoms with van der Waals surface area (Å²) in [7, 11) is 0. The molecule has 0 fully saturated rings. The minimum absolute atomic E-state index is 0.0803. The van der Waals surface area contributed by atoms with Crippen molar-refractivity contribution in [1.29, 1.82) is 0 Å². The first-order valence-corrected chi connectivity index (χ1v) is 23.5. The van der Waals surface area contributed by atoms with Gasteiger partial charge in [0.2, 0.25) is 0 Å². The summed E-state index contributed by atoms with van der Waals surface area (Å²) in [6.07, 6.45) is 49.9. The van der Waals surface area contributed by atoms with E-state index >= 15 is 0 Å². The summed E-state index contributed by atoms with van der Waals surface area (Å²) in [5.74, 6) is -0.910. The number of hydrogen-bond donors (Lipinski definition) is 0. The van der Waals surface area contributed by atoms with Crippen molar-refractivity contribution in [2.24, 2.45) is 0 Å². The predicted molar refractivity (Wildman–Crippen MR) is 233 cm³/mol. The third-order valence-corrected chi connectivity index (χ3v) is 10.1. The zero-order chi connectivity index (χ0) is 40.1. The molecule has 0 bridgehead atoms. The van der Waals surface area contributed by atoms with Crippen LogP contribution in [-0.2, 0) is 28.6 Å². The number of esters is 3. The maximum Gasteiger partial charge on any atom is 0.306 e. The van der Waals surface area contributed by atoms with Crippen LogP contribution >= 0.6 is 0 Å². The van der Waals surface area contributed by atoms with Crippen molar-refractivity contribution in [3.63, 3.8) is 0 Å². The summed E-state index contributed by atoms with van der Waals surface area (Å²) in [6, 6.07) is 0. The molecule has 0 rings (SSSR count). The average molecular weight is 773 g/mol. The lowest BCUT2D eigenvalue weighted by Crippen LogP contribution is -2.30. The topological polar surface area (TPSA) is 78.9 Å². The van der Waals surface area contributed by atoms with E-state index in [1.807, 2.05) is 0 Å². The van der Waals surface area contributed by atoms with E-state index in [-0.39, 0.29) is 31.1 Å². The Hall–Kier alpha value is -2.37. The second-order valence-corrected chi connectivity index (χ2v) is 15.7. The molecule has 0 aliphatic rings. The van der Waals surface area contributed by atoms with Crippen molar-refractivity contribution in [2.45, 2.75) is 245 Å². The van der Waals surface area contributed by atoms with Gasteiger partial charge >= 0.3 is 17.9 Å². The maximum atomic E-state index is 12.7. The lowest BCUT2D eigenvalue weighted by molar-refractivity contribution is -0.167. The van der Waals surface area contributed by atoms with E-state index < -0.39 is 6.10 Å². The second-order valence-electron chi connectivity index (χ2n) is 15.7. The van der Waals surface area contributed by atoms with Crippen molar-refractivity contribution in [2.75, 3.05) is 13.2 Å². The van der Waals surface area contributed by atoms with E-state index in [0.717, 1.165) is 96.3 Å². The number of hydrogen-bond acceptors (Lipinski definition) is 6. The van der Waals surface area contributed by atoms with Gasteiger partial charge in [-0.25, -0.2) is 0 Å². The van der Waals surface area contributed by atoms with Gasteiger partial charge in [0.05, 0.1) is 0 Å². The summed E-state index contributed by atoms with van der Waals surface area (Å²) < 4.78 is 16.7. The number of carbonyl (C=O) groups is 3. The molecule has 0 aromatic heterocycles. The first-order chi connectivity index (χ1) is 27.0. The summed E-state index contributed by atoms with van der Waals surface area (Å²) in [5.41, 5.74) is 0. The molecule has 0 spiro atoms. The second kappa shape index (κ2) is 44.3. The molecule has 55 heavy (non-hydrogen) atoms. The van der Waals surface area contributed by atoms with Gasteiger partial charge in [0.15, 0.2) is 6.10 Å². The highest BCUT2D eigenvalue weighted by Crippen LogP contribution is 2.14. The Labute approximate surface area is 340 Å². The van der Waals surface area contributed by atoms with E-state index in [2.05, 4.69) is 57.2 Å². The molecule has 0 heterocycles. The monoisotopic (exact) mass is 773 g/mol. The molecular weight excluding hydrogens is 685 g/mol. The highest BCUT2D eigenvalue weighted by Gasteiger charge is 2.19. The van der Waals surface area contributed by atoms with Crippen LogP contribution in [0.25, 0.3) is 0 Å². The summed E-state index contributed by atoms with van der Waals surface area (Å²) in [4.78, 5) is 37.6. The van der Waals surface area contributed by atoms with Gasteiger partial charge in [0.1, 0.15) is 13.2 Å². The van der Waals surface area contributed by atoms with Crippen molar-refractivity contribution < 1.29 is 28.6 Å². The lowest BCUT2D eigenvalue weighted by Gasteiger charge is -2.18. The zero-order valence-electron chi connectivity index (χ0n) is 36.4. The first-order valence-electron chi connectivity index (χ1n) is 23.5. The molecule has 0 amide bonds. The van der Waals surface area contributed by atoms with E-state index in [9.17, 15) is 14.4 Å². The fourth-order valence-corrected chi connectivity index (χ4v) is 6.53. The van der Waals surface area contributed by atoms with Crippen molar-refractivity contribution >= 4 is 17.9 Å². The Morgan fingerprint density at radius 3 is 1.07 bits per heavy atom. The number of rotatable bonds is 42. The molecule has 6 heteroatoms. The van der Waals surface area contributed by atoms with Gasteiger partial charge in [-0.05, 0) is 64.2 Å². The molecule has 320 valence electrons. The van der Waals surface area contributed by atoms with E-state index in [1.165, 1.54) is 103 Å². The number of unbranched alkanes of at least 4 members (excludes halogenated alkanes) is 26. The number of carbonyl (C=O) groups excluding carboxylic acids is 3. The molecule has 0 aromatic carbocycles. The third kappa shape index (κ3) is 42.6. The predicted octanol–water partition coefficient (Wildman–Crippen LogP) is 15.0. The Bertz CT molecular complexity index is 938. The van der Waals surface area contributed by atoms with Crippen LogP contribution in [0.5, 0.6) is 0 Å². The average Bonchev–Trinajstić information content (AvgIpc) is 3.18. The van der Waals surface area contributed by atoms with Crippen LogP contribution in [0.3, 0.4) is 0 Å². The van der Waals surface area contributed by atoms with E-state index in [0.29, 0.717) is 19.3 Å². The van der Waals surface area contributed by atoms with Crippen molar-refractivity contribution in [3.8, 4) is 0 Å². The van der Waals surface area contributed by atoms with Crippen LogP contribution in [-0.4, -0.2) is 37.2 Å². The Balaban J connectivity index is 4.32. The van der Waals surface area contributed by atoms with Crippen molar-refractivity contribution in [1.82, 2.24) is 0 Å². The van der Waals surface area contributed by atoms with Gasteiger partial charge in [0, 0.05) is 19.3 Å². The minimum Gasteiger partial charge on any atom is -0.462 e. The van der Waals surface area contributed by atoms with Crippen LogP contribution in [0, 0.1) is 0 Å². The van der Waals surface area contributed by atoms with Crippen LogP contribution in [0.1, 0.15) is 239 Å². The standard InChI is InChI=1S/C49H88O6/c1-4-7-10-13-16-19-21-22-23-24-25-26-27-28-31-33-36-39-42-48(51)54-45-46(44-53-47(50)41-38-35-32-29-18-15-12-9-6-3)55-49(52)43-40-37-34-30-20-17-14-11-8-5-2/h14,17,23-26,46H,4-13,15-16,18-22,27-45H2,1-3H3/b17-14-,24-23-,26-25-. The minimum atomic E-state index is -0.778. The summed E-state index contributed by atoms with van der Waals surface area (Å²) in [6.45, 7) is 6.54. The SMILES string of the molecule is CCCC/C=C\CCCCCCC(=O)OC(COC(=O)CCCCCCC/C=C\C=C/CCCCCCCCC)COC(=O)CCCCCCCCCCC. The zero-order valence-corrected chi connectivity index (χ0v) is 36.4. The summed E-state index contributed by atoms with van der Waals surface area (Å²) >= 11 is 0.